The van der Waals surface area contributed by atoms with Crippen molar-refractivity contribution >= 4 is 5.91 Å². The predicted octanol–water partition coefficient (Wildman–Crippen LogP) is 1.41. The number of carbonyl (C=O) groups is 1. The molecule has 0 aliphatic carbocycles. The Morgan fingerprint density at radius 2 is 2.00 bits per heavy atom. The maximum atomic E-state index is 12.9. The lowest BCUT2D eigenvalue weighted by atomic mass is 9.97. The standard InChI is InChI=1S/C18H23N5O2/c1-25-15-5-3-2-4-14(15)18(24)22-10-11-23-16(12-22)20-21-17(23)13-6-8-19-9-7-13/h2-5,13,19H,6-12H2,1H3. The molecule has 132 valence electrons. The smallest absolute Gasteiger partial charge is 0.258 e. The highest BCUT2D eigenvalue weighted by Crippen LogP contribution is 2.27. The molecule has 3 heterocycles. The molecule has 4 rings (SSSR count). The third-order valence-corrected chi connectivity index (χ3v) is 5.11. The summed E-state index contributed by atoms with van der Waals surface area (Å²) < 4.78 is 7.53. The molecule has 2 aromatic rings. The molecule has 1 saturated heterocycles. The first-order valence-corrected chi connectivity index (χ1v) is 8.83. The van der Waals surface area contributed by atoms with Crippen LogP contribution < -0.4 is 10.1 Å². The van der Waals surface area contributed by atoms with Crippen LogP contribution in [0.4, 0.5) is 0 Å². The van der Waals surface area contributed by atoms with Crippen LogP contribution in [0.2, 0.25) is 0 Å². The molecule has 0 bridgehead atoms. The maximum absolute atomic E-state index is 12.9. The summed E-state index contributed by atoms with van der Waals surface area (Å²) in [7, 11) is 1.59. The van der Waals surface area contributed by atoms with Gasteiger partial charge in [-0.15, -0.1) is 10.2 Å². The first-order chi connectivity index (χ1) is 12.3. The van der Waals surface area contributed by atoms with Gasteiger partial charge in [0.25, 0.3) is 5.91 Å². The monoisotopic (exact) mass is 341 g/mol. The number of hydrogen-bond acceptors (Lipinski definition) is 5. The van der Waals surface area contributed by atoms with E-state index in [9.17, 15) is 4.79 Å². The Hall–Kier alpha value is -2.41. The zero-order valence-corrected chi connectivity index (χ0v) is 14.4. The highest BCUT2D eigenvalue weighted by molar-refractivity contribution is 5.96. The number of hydrogen-bond donors (Lipinski definition) is 1. The highest BCUT2D eigenvalue weighted by Gasteiger charge is 2.29. The molecule has 2 aliphatic heterocycles. The normalized spacial score (nSPS) is 18.0. The van der Waals surface area contributed by atoms with Gasteiger partial charge in [-0.2, -0.15) is 0 Å². The molecule has 0 atom stereocenters. The minimum atomic E-state index is -0.0184. The zero-order chi connectivity index (χ0) is 17.2. The van der Waals surface area contributed by atoms with Crippen molar-refractivity contribution in [2.45, 2.75) is 31.8 Å². The van der Waals surface area contributed by atoms with Crippen LogP contribution in [0, 0.1) is 0 Å². The summed E-state index contributed by atoms with van der Waals surface area (Å²) in [5.41, 5.74) is 0.594. The number of nitrogens with one attached hydrogen (secondary N) is 1. The molecule has 0 unspecified atom stereocenters. The van der Waals surface area contributed by atoms with E-state index >= 15 is 0 Å². The number of piperidine rings is 1. The van der Waals surface area contributed by atoms with Gasteiger partial charge in [-0.3, -0.25) is 4.79 Å². The highest BCUT2D eigenvalue weighted by atomic mass is 16.5. The molecule has 1 N–H and O–H groups in total. The lowest BCUT2D eigenvalue weighted by Gasteiger charge is -2.30. The Balaban J connectivity index is 1.53. The Labute approximate surface area is 147 Å². The molecular weight excluding hydrogens is 318 g/mol. The van der Waals surface area contributed by atoms with E-state index in [0.717, 1.165) is 44.1 Å². The van der Waals surface area contributed by atoms with E-state index < -0.39 is 0 Å². The summed E-state index contributed by atoms with van der Waals surface area (Å²) in [4.78, 5) is 14.7. The predicted molar refractivity (Wildman–Crippen MR) is 92.6 cm³/mol. The average molecular weight is 341 g/mol. The van der Waals surface area contributed by atoms with Crippen LogP contribution in [0.5, 0.6) is 5.75 Å². The fourth-order valence-electron chi connectivity index (χ4n) is 3.73. The van der Waals surface area contributed by atoms with Crippen LogP contribution in [0.1, 0.15) is 40.8 Å². The van der Waals surface area contributed by atoms with Crippen LogP contribution in [-0.4, -0.2) is 52.3 Å². The third-order valence-electron chi connectivity index (χ3n) is 5.11. The Morgan fingerprint density at radius 1 is 1.20 bits per heavy atom. The van der Waals surface area contributed by atoms with E-state index in [4.69, 9.17) is 4.74 Å². The number of nitrogens with zero attached hydrogens (tertiary/aromatic N) is 4. The fraction of sp³-hybridized carbons (Fsp3) is 0.500. The second kappa shape index (κ2) is 6.84. The fourth-order valence-corrected chi connectivity index (χ4v) is 3.73. The Kier molecular flexibility index (Phi) is 4.40. The topological polar surface area (TPSA) is 72.3 Å². The lowest BCUT2D eigenvalue weighted by Crippen LogP contribution is -2.39. The number of amides is 1. The van der Waals surface area contributed by atoms with Gasteiger partial charge in [0.05, 0.1) is 19.2 Å². The van der Waals surface area contributed by atoms with Gasteiger partial charge < -0.3 is 19.5 Å². The van der Waals surface area contributed by atoms with Gasteiger partial charge in [-0.25, -0.2) is 0 Å². The molecule has 2 aliphatic rings. The molecule has 7 nitrogen and oxygen atoms in total. The molecule has 7 heteroatoms. The summed E-state index contributed by atoms with van der Waals surface area (Å²) in [6.45, 7) is 3.98. The zero-order valence-electron chi connectivity index (χ0n) is 14.4. The van der Waals surface area contributed by atoms with Gasteiger partial charge in [-0.1, -0.05) is 12.1 Å². The second-order valence-corrected chi connectivity index (χ2v) is 6.58. The first-order valence-electron chi connectivity index (χ1n) is 8.83. The number of fused-ring (bicyclic) bond motifs is 1. The van der Waals surface area contributed by atoms with E-state index in [1.54, 1.807) is 13.2 Å². The number of ether oxygens (including phenoxy) is 1. The van der Waals surface area contributed by atoms with Gasteiger partial charge in [0.1, 0.15) is 11.6 Å². The maximum Gasteiger partial charge on any atom is 0.258 e. The van der Waals surface area contributed by atoms with E-state index in [-0.39, 0.29) is 5.91 Å². The molecule has 0 radical (unpaired) electrons. The van der Waals surface area contributed by atoms with Gasteiger partial charge >= 0.3 is 0 Å². The minimum absolute atomic E-state index is 0.0184. The lowest BCUT2D eigenvalue weighted by molar-refractivity contribution is 0.0702. The van der Waals surface area contributed by atoms with Crippen molar-refractivity contribution in [2.24, 2.45) is 0 Å². The molecule has 0 spiro atoms. The Morgan fingerprint density at radius 3 is 2.80 bits per heavy atom. The minimum Gasteiger partial charge on any atom is -0.496 e. The van der Waals surface area contributed by atoms with Crippen molar-refractivity contribution in [3.63, 3.8) is 0 Å². The summed E-state index contributed by atoms with van der Waals surface area (Å²) >= 11 is 0. The van der Waals surface area contributed by atoms with Crippen molar-refractivity contribution < 1.29 is 9.53 Å². The quantitative estimate of drug-likeness (QED) is 0.914. The number of carbonyl (C=O) groups excluding carboxylic acids is 1. The van der Waals surface area contributed by atoms with Crippen LogP contribution >= 0.6 is 0 Å². The average Bonchev–Trinajstić information content (AvgIpc) is 3.11. The van der Waals surface area contributed by atoms with E-state index in [0.29, 0.717) is 30.3 Å². The number of para-hydroxylation sites is 1. The Bertz CT molecular complexity index is 767. The van der Waals surface area contributed by atoms with Crippen LogP contribution in [-0.2, 0) is 13.1 Å². The van der Waals surface area contributed by atoms with Gasteiger partial charge in [-0.05, 0) is 38.1 Å². The number of benzene rings is 1. The molecule has 1 aromatic heterocycles. The van der Waals surface area contributed by atoms with Gasteiger partial charge in [0, 0.05) is 19.0 Å². The molecule has 25 heavy (non-hydrogen) atoms. The summed E-state index contributed by atoms with van der Waals surface area (Å²) in [5, 5.41) is 12.2. The SMILES string of the molecule is COc1ccccc1C(=O)N1CCn2c(nnc2C2CCNCC2)C1. The van der Waals surface area contributed by atoms with Crippen LogP contribution in [0.3, 0.4) is 0 Å². The molecule has 1 amide bonds. The number of aromatic nitrogens is 3. The number of methoxy groups -OCH3 is 1. The van der Waals surface area contributed by atoms with Crippen molar-refractivity contribution in [3.05, 3.63) is 41.5 Å². The summed E-state index contributed by atoms with van der Waals surface area (Å²) in [6, 6.07) is 7.35. The first kappa shape index (κ1) is 16.1. The largest absolute Gasteiger partial charge is 0.496 e. The van der Waals surface area contributed by atoms with Crippen molar-refractivity contribution in [1.82, 2.24) is 25.0 Å². The molecule has 1 aromatic carbocycles. The second-order valence-electron chi connectivity index (χ2n) is 6.58. The van der Waals surface area contributed by atoms with Crippen molar-refractivity contribution in [3.8, 4) is 5.75 Å². The van der Waals surface area contributed by atoms with Crippen LogP contribution in [0.25, 0.3) is 0 Å². The van der Waals surface area contributed by atoms with E-state index in [1.807, 2.05) is 23.1 Å². The summed E-state index contributed by atoms with van der Waals surface area (Å²) in [5.74, 6) is 3.02. The number of rotatable bonds is 3. The van der Waals surface area contributed by atoms with E-state index in [1.165, 1.54) is 0 Å². The van der Waals surface area contributed by atoms with Gasteiger partial charge in [0.15, 0.2) is 5.82 Å². The molecule has 1 fully saturated rings. The van der Waals surface area contributed by atoms with E-state index in [2.05, 4.69) is 20.1 Å². The van der Waals surface area contributed by atoms with Crippen molar-refractivity contribution in [1.29, 1.82) is 0 Å². The summed E-state index contributed by atoms with van der Waals surface area (Å²) in [6.07, 6.45) is 2.20. The molecular formula is C18H23N5O2. The van der Waals surface area contributed by atoms with Crippen LogP contribution in [0.15, 0.2) is 24.3 Å². The third kappa shape index (κ3) is 3.00. The molecule has 0 saturated carbocycles. The van der Waals surface area contributed by atoms with Gasteiger partial charge in [0.2, 0.25) is 0 Å². The van der Waals surface area contributed by atoms with Crippen molar-refractivity contribution in [2.75, 3.05) is 26.7 Å².